The molecule has 14 heteroatoms. The molecule has 2 rings (SSSR count). The van der Waals surface area contributed by atoms with E-state index in [1.54, 1.807) is 0 Å². The lowest BCUT2D eigenvalue weighted by molar-refractivity contribution is -0.422. The van der Waals surface area contributed by atoms with Crippen LogP contribution in [0.2, 0.25) is 10.0 Å². The van der Waals surface area contributed by atoms with Crippen LogP contribution in [0.3, 0.4) is 0 Å². The minimum absolute atomic E-state index is 0.0947. The van der Waals surface area contributed by atoms with E-state index in [1.807, 2.05) is 0 Å². The summed E-state index contributed by atoms with van der Waals surface area (Å²) in [4.78, 5) is 38.0. The summed E-state index contributed by atoms with van der Waals surface area (Å²) >= 11 is 10.9. The van der Waals surface area contributed by atoms with E-state index in [0.717, 1.165) is 30.3 Å². The third-order valence-corrected chi connectivity index (χ3v) is 3.22. The van der Waals surface area contributed by atoms with E-state index in [9.17, 15) is 40.5 Å². The van der Waals surface area contributed by atoms with Gasteiger partial charge in [-0.3, -0.25) is 40.5 Å². The molecule has 0 aromatic heterocycles. The lowest BCUT2D eigenvalue weighted by atomic mass is 10.3. The minimum Gasteiger partial charge on any atom is -0.258 e. The molecule has 136 valence electrons. The fourth-order valence-corrected chi connectivity index (χ4v) is 1.90. The van der Waals surface area contributed by atoms with Crippen molar-refractivity contribution in [3.63, 3.8) is 0 Å². The molecule has 0 radical (unpaired) electrons. The molecule has 0 unspecified atom stereocenters. The standard InChI is InChI=1S/2C6H3ClN2O4/c7-5-2-1-4(8(10)11)3-6(5)9(12)13;7-4-1-2-5(8(10)11)6(3-4)9(12)13/h2*1-3H. The van der Waals surface area contributed by atoms with Crippen molar-refractivity contribution in [2.75, 3.05) is 0 Å². The number of nitro benzene ring substituents is 4. The summed E-state index contributed by atoms with van der Waals surface area (Å²) < 4.78 is 0. The molecule has 0 aliphatic carbocycles. The van der Waals surface area contributed by atoms with E-state index in [0.29, 0.717) is 0 Å². The number of hydrogen-bond donors (Lipinski definition) is 0. The topological polar surface area (TPSA) is 173 Å². The Morgan fingerprint density at radius 3 is 1.62 bits per heavy atom. The SMILES string of the molecule is O=[N+]([O-])c1ccc(Cl)c([N+](=O)[O-])c1.O=[N+]([O-])c1ccc(Cl)cc1[N+](=O)[O-]. The molecule has 2 aromatic carbocycles. The third-order valence-electron chi connectivity index (χ3n) is 2.67. The van der Waals surface area contributed by atoms with E-state index in [1.165, 1.54) is 6.07 Å². The highest BCUT2D eigenvalue weighted by molar-refractivity contribution is 6.32. The molecule has 0 amide bonds. The van der Waals surface area contributed by atoms with Crippen LogP contribution in [0.1, 0.15) is 0 Å². The molecule has 0 saturated carbocycles. The predicted molar refractivity (Wildman–Crippen MR) is 89.5 cm³/mol. The molecule has 0 saturated heterocycles. The molecule has 0 bridgehead atoms. The van der Waals surface area contributed by atoms with Crippen LogP contribution in [-0.4, -0.2) is 19.7 Å². The lowest BCUT2D eigenvalue weighted by Crippen LogP contribution is -1.95. The van der Waals surface area contributed by atoms with Crippen molar-refractivity contribution in [2.24, 2.45) is 0 Å². The Labute approximate surface area is 153 Å². The van der Waals surface area contributed by atoms with Gasteiger partial charge in [0.2, 0.25) is 0 Å². The first kappa shape index (κ1) is 20.7. The van der Waals surface area contributed by atoms with Crippen molar-refractivity contribution in [3.8, 4) is 0 Å². The van der Waals surface area contributed by atoms with Gasteiger partial charge in [-0.15, -0.1) is 0 Å². The highest BCUT2D eigenvalue weighted by Crippen LogP contribution is 2.29. The van der Waals surface area contributed by atoms with Crippen LogP contribution >= 0.6 is 23.2 Å². The highest BCUT2D eigenvalue weighted by Gasteiger charge is 2.23. The predicted octanol–water partition coefficient (Wildman–Crippen LogP) is 4.31. The number of rotatable bonds is 4. The summed E-state index contributed by atoms with van der Waals surface area (Å²) in [6.07, 6.45) is 0. The first-order valence-electron chi connectivity index (χ1n) is 6.21. The fourth-order valence-electron chi connectivity index (χ4n) is 1.55. The maximum atomic E-state index is 10.3. The maximum Gasteiger partial charge on any atom is 0.347 e. The lowest BCUT2D eigenvalue weighted by Gasteiger charge is -1.94. The van der Waals surface area contributed by atoms with Crippen molar-refractivity contribution in [1.29, 1.82) is 0 Å². The van der Waals surface area contributed by atoms with E-state index in [-0.39, 0.29) is 15.7 Å². The second-order valence-electron chi connectivity index (χ2n) is 4.30. The first-order chi connectivity index (χ1) is 12.0. The van der Waals surface area contributed by atoms with Gasteiger partial charge in [0, 0.05) is 23.2 Å². The van der Waals surface area contributed by atoms with Gasteiger partial charge in [0.1, 0.15) is 5.02 Å². The van der Waals surface area contributed by atoms with Crippen LogP contribution in [0, 0.1) is 40.5 Å². The van der Waals surface area contributed by atoms with Gasteiger partial charge < -0.3 is 0 Å². The van der Waals surface area contributed by atoms with Crippen LogP contribution < -0.4 is 0 Å². The monoisotopic (exact) mass is 404 g/mol. The molecule has 0 spiro atoms. The third kappa shape index (κ3) is 5.32. The Bertz CT molecular complexity index is 905. The van der Waals surface area contributed by atoms with E-state index in [2.05, 4.69) is 0 Å². The molecule has 26 heavy (non-hydrogen) atoms. The molecule has 2 aromatic rings. The molecular formula is C12H6Cl2N4O8. The van der Waals surface area contributed by atoms with Crippen molar-refractivity contribution in [1.82, 2.24) is 0 Å². The summed E-state index contributed by atoms with van der Waals surface area (Å²) in [5.41, 5.74) is -1.97. The van der Waals surface area contributed by atoms with Crippen LogP contribution in [0.15, 0.2) is 36.4 Å². The number of benzene rings is 2. The maximum absolute atomic E-state index is 10.3. The van der Waals surface area contributed by atoms with Crippen LogP contribution in [0.5, 0.6) is 0 Å². The van der Waals surface area contributed by atoms with Gasteiger partial charge in [0.15, 0.2) is 0 Å². The second kappa shape index (κ2) is 8.64. The Morgan fingerprint density at radius 1 is 0.615 bits per heavy atom. The van der Waals surface area contributed by atoms with Gasteiger partial charge in [0.05, 0.1) is 25.8 Å². The molecule has 0 aliphatic heterocycles. The van der Waals surface area contributed by atoms with Gasteiger partial charge in [0.25, 0.3) is 11.4 Å². The summed E-state index contributed by atoms with van der Waals surface area (Å²) in [6.45, 7) is 0. The summed E-state index contributed by atoms with van der Waals surface area (Å²) in [7, 11) is 0. The zero-order valence-corrected chi connectivity index (χ0v) is 13.8. The van der Waals surface area contributed by atoms with Gasteiger partial charge in [-0.05, 0) is 12.1 Å². The molecule has 12 nitrogen and oxygen atoms in total. The van der Waals surface area contributed by atoms with E-state index < -0.39 is 36.8 Å². The van der Waals surface area contributed by atoms with Crippen LogP contribution in [-0.2, 0) is 0 Å². The largest absolute Gasteiger partial charge is 0.347 e. The van der Waals surface area contributed by atoms with E-state index in [4.69, 9.17) is 23.2 Å². The van der Waals surface area contributed by atoms with Crippen LogP contribution in [0.25, 0.3) is 0 Å². The number of nitrogens with zero attached hydrogens (tertiary/aromatic N) is 4. The Hall–Kier alpha value is -3.38. The Balaban J connectivity index is 0.000000260. The Morgan fingerprint density at radius 2 is 1.15 bits per heavy atom. The molecule has 0 N–H and O–H groups in total. The zero-order valence-electron chi connectivity index (χ0n) is 12.3. The molecular weight excluding hydrogens is 399 g/mol. The summed E-state index contributed by atoms with van der Waals surface area (Å²) in [5, 5.41) is 41.1. The van der Waals surface area contributed by atoms with E-state index >= 15 is 0 Å². The molecule has 0 atom stereocenters. The average molecular weight is 405 g/mol. The van der Waals surface area contributed by atoms with Gasteiger partial charge in [-0.2, -0.15) is 0 Å². The zero-order chi connectivity index (χ0) is 20.0. The van der Waals surface area contributed by atoms with Crippen molar-refractivity contribution < 1.29 is 19.7 Å². The Kier molecular flexibility index (Phi) is 6.87. The average Bonchev–Trinajstić information content (AvgIpc) is 2.54. The number of halogens is 2. The number of non-ortho nitro benzene ring substituents is 1. The minimum atomic E-state index is -0.843. The number of hydrogen-bond acceptors (Lipinski definition) is 8. The smallest absolute Gasteiger partial charge is 0.258 e. The van der Waals surface area contributed by atoms with Crippen molar-refractivity contribution in [3.05, 3.63) is 86.9 Å². The van der Waals surface area contributed by atoms with Gasteiger partial charge >= 0.3 is 11.4 Å². The molecule has 0 heterocycles. The van der Waals surface area contributed by atoms with Gasteiger partial charge in [-0.1, -0.05) is 23.2 Å². The van der Waals surface area contributed by atoms with Crippen molar-refractivity contribution in [2.45, 2.75) is 0 Å². The van der Waals surface area contributed by atoms with Gasteiger partial charge in [-0.25, -0.2) is 0 Å². The first-order valence-corrected chi connectivity index (χ1v) is 6.96. The second-order valence-corrected chi connectivity index (χ2v) is 5.14. The van der Waals surface area contributed by atoms with Crippen molar-refractivity contribution >= 4 is 46.0 Å². The number of nitro groups is 4. The highest BCUT2D eigenvalue weighted by atomic mass is 35.5. The molecule has 0 aliphatic rings. The fraction of sp³-hybridized carbons (Fsp3) is 0. The summed E-state index contributed by atoms with van der Waals surface area (Å²) in [5.74, 6) is 0. The van der Waals surface area contributed by atoms with Crippen LogP contribution in [0.4, 0.5) is 22.7 Å². The summed E-state index contributed by atoms with van der Waals surface area (Å²) in [6, 6.07) is 6.22. The molecule has 0 fully saturated rings. The quantitative estimate of drug-likeness (QED) is 0.534. The normalized spacial score (nSPS) is 9.62.